The Morgan fingerprint density at radius 3 is 2.61 bits per heavy atom. The zero-order chi connectivity index (χ0) is 17.0. The molecule has 0 saturated carbocycles. The molecule has 0 bridgehead atoms. The largest absolute Gasteiger partial charge is 0.392 e. The van der Waals surface area contributed by atoms with Gasteiger partial charge in [0, 0.05) is 30.1 Å². The maximum Gasteiger partial charge on any atom is 0.251 e. The van der Waals surface area contributed by atoms with Crippen LogP contribution in [0.5, 0.6) is 0 Å². The Morgan fingerprint density at radius 1 is 1.26 bits per heavy atom. The Bertz CT molecular complexity index is 734. The molecule has 1 amide bonds. The van der Waals surface area contributed by atoms with Crippen LogP contribution in [0.15, 0.2) is 35.1 Å². The van der Waals surface area contributed by atoms with E-state index >= 15 is 0 Å². The molecule has 1 heterocycles. The van der Waals surface area contributed by atoms with Gasteiger partial charge in [0.15, 0.2) is 0 Å². The van der Waals surface area contributed by atoms with Gasteiger partial charge in [0.25, 0.3) is 5.56 Å². The number of aliphatic hydroxyl groups excluding tert-OH is 1. The standard InChI is InChI=1S/C18H24N2O3/c1-12(2)20(11-13(3)21)17(22)9-8-15-10-14-6-4-5-7-16(14)19-18(15)23/h4-7,10,12-13,21H,8-9,11H2,1-3H3,(H,19,23). The molecule has 23 heavy (non-hydrogen) atoms. The molecule has 2 rings (SSSR count). The molecule has 5 heteroatoms. The molecule has 1 aromatic heterocycles. The molecular formula is C18H24N2O3. The number of amides is 1. The maximum atomic E-state index is 12.4. The van der Waals surface area contributed by atoms with E-state index in [4.69, 9.17) is 0 Å². The summed E-state index contributed by atoms with van der Waals surface area (Å²) in [5.41, 5.74) is 1.26. The number of hydrogen-bond acceptors (Lipinski definition) is 3. The Morgan fingerprint density at radius 2 is 1.96 bits per heavy atom. The summed E-state index contributed by atoms with van der Waals surface area (Å²) in [6, 6.07) is 9.44. The van der Waals surface area contributed by atoms with E-state index in [-0.39, 0.29) is 23.9 Å². The van der Waals surface area contributed by atoms with Crippen molar-refractivity contribution in [2.75, 3.05) is 6.54 Å². The molecule has 1 aromatic carbocycles. The van der Waals surface area contributed by atoms with Gasteiger partial charge in [-0.05, 0) is 44.7 Å². The first kappa shape index (κ1) is 17.2. The zero-order valence-electron chi connectivity index (χ0n) is 13.9. The smallest absolute Gasteiger partial charge is 0.251 e. The van der Waals surface area contributed by atoms with Gasteiger partial charge in [0.1, 0.15) is 0 Å². The maximum absolute atomic E-state index is 12.4. The number of nitrogens with zero attached hydrogens (tertiary/aromatic N) is 1. The molecule has 0 aliphatic rings. The number of carbonyl (C=O) groups is 1. The van der Waals surface area contributed by atoms with Crippen molar-refractivity contribution in [2.24, 2.45) is 0 Å². The number of aromatic amines is 1. The van der Waals surface area contributed by atoms with Crippen LogP contribution in [0.4, 0.5) is 0 Å². The molecule has 2 N–H and O–H groups in total. The third-order valence-electron chi connectivity index (χ3n) is 3.84. The lowest BCUT2D eigenvalue weighted by Gasteiger charge is -2.28. The van der Waals surface area contributed by atoms with Crippen LogP contribution in [0, 0.1) is 0 Å². The fourth-order valence-electron chi connectivity index (χ4n) is 2.65. The van der Waals surface area contributed by atoms with Crippen molar-refractivity contribution in [2.45, 2.75) is 45.8 Å². The highest BCUT2D eigenvalue weighted by molar-refractivity contribution is 5.79. The molecule has 0 radical (unpaired) electrons. The number of H-pyrrole nitrogens is 1. The molecule has 1 atom stereocenters. The van der Waals surface area contributed by atoms with Crippen LogP contribution < -0.4 is 5.56 Å². The van der Waals surface area contributed by atoms with Gasteiger partial charge in [-0.15, -0.1) is 0 Å². The monoisotopic (exact) mass is 316 g/mol. The van der Waals surface area contributed by atoms with E-state index in [1.165, 1.54) is 0 Å². The number of carbonyl (C=O) groups excluding carboxylic acids is 1. The molecule has 2 aromatic rings. The number of rotatable bonds is 6. The number of nitrogens with one attached hydrogen (secondary N) is 1. The molecule has 1 unspecified atom stereocenters. The van der Waals surface area contributed by atoms with Crippen LogP contribution >= 0.6 is 0 Å². The van der Waals surface area contributed by atoms with Gasteiger partial charge in [0.05, 0.1) is 6.10 Å². The van der Waals surface area contributed by atoms with Crippen molar-refractivity contribution < 1.29 is 9.90 Å². The summed E-state index contributed by atoms with van der Waals surface area (Å²) in [6.45, 7) is 5.81. The zero-order valence-corrected chi connectivity index (χ0v) is 13.9. The van der Waals surface area contributed by atoms with Crippen LogP contribution in [0.25, 0.3) is 10.9 Å². The lowest BCUT2D eigenvalue weighted by Crippen LogP contribution is -2.41. The van der Waals surface area contributed by atoms with Crippen LogP contribution in [0.2, 0.25) is 0 Å². The predicted octanol–water partition coefficient (Wildman–Crippen LogP) is 2.08. The van der Waals surface area contributed by atoms with Crippen LogP contribution in [0.1, 0.15) is 32.8 Å². The minimum absolute atomic E-state index is 0.0204. The Kier molecular flexibility index (Phi) is 5.55. The number of benzene rings is 1. The number of hydrogen-bond donors (Lipinski definition) is 2. The van der Waals surface area contributed by atoms with Gasteiger partial charge in [-0.1, -0.05) is 18.2 Å². The van der Waals surface area contributed by atoms with Crippen LogP contribution in [-0.2, 0) is 11.2 Å². The average molecular weight is 316 g/mol. The van der Waals surface area contributed by atoms with Gasteiger partial charge >= 0.3 is 0 Å². The van der Waals surface area contributed by atoms with Crippen LogP contribution in [0.3, 0.4) is 0 Å². The first-order valence-electron chi connectivity index (χ1n) is 7.97. The highest BCUT2D eigenvalue weighted by atomic mass is 16.3. The normalized spacial score (nSPS) is 12.6. The molecule has 5 nitrogen and oxygen atoms in total. The van der Waals surface area contributed by atoms with Crippen molar-refractivity contribution in [3.05, 3.63) is 46.2 Å². The Hall–Kier alpha value is -2.14. The number of pyridine rings is 1. The van der Waals surface area contributed by atoms with Gasteiger partial charge in [-0.25, -0.2) is 0 Å². The topological polar surface area (TPSA) is 73.4 Å². The fourth-order valence-corrected chi connectivity index (χ4v) is 2.65. The van der Waals surface area contributed by atoms with Crippen LogP contribution in [-0.4, -0.2) is 39.6 Å². The summed E-state index contributed by atoms with van der Waals surface area (Å²) in [5, 5.41) is 10.5. The van der Waals surface area contributed by atoms with Crippen molar-refractivity contribution >= 4 is 16.8 Å². The predicted molar refractivity (Wildman–Crippen MR) is 91.4 cm³/mol. The Balaban J connectivity index is 2.12. The Labute approximate surface area is 135 Å². The van der Waals surface area contributed by atoms with Crippen molar-refractivity contribution in [3.8, 4) is 0 Å². The molecule has 124 valence electrons. The minimum atomic E-state index is -0.564. The number of aromatic nitrogens is 1. The molecule has 0 aliphatic carbocycles. The second kappa shape index (κ2) is 7.42. The first-order chi connectivity index (χ1) is 10.9. The van der Waals surface area contributed by atoms with E-state index in [9.17, 15) is 14.7 Å². The third-order valence-corrected chi connectivity index (χ3v) is 3.84. The SMILES string of the molecule is CC(O)CN(C(=O)CCc1cc2ccccc2[nH]c1=O)C(C)C. The third kappa shape index (κ3) is 4.42. The van der Waals surface area contributed by atoms with Gasteiger partial charge < -0.3 is 15.0 Å². The van der Waals surface area contributed by atoms with Crippen molar-refractivity contribution in [1.82, 2.24) is 9.88 Å². The van der Waals surface area contributed by atoms with Crippen molar-refractivity contribution in [1.29, 1.82) is 0 Å². The summed E-state index contributed by atoms with van der Waals surface area (Å²) in [6.07, 6.45) is 0.0827. The summed E-state index contributed by atoms with van der Waals surface area (Å²) in [7, 11) is 0. The van der Waals surface area contributed by atoms with E-state index in [2.05, 4.69) is 4.98 Å². The van der Waals surface area contributed by atoms with Gasteiger partial charge in [-0.2, -0.15) is 0 Å². The van der Waals surface area contributed by atoms with Crippen molar-refractivity contribution in [3.63, 3.8) is 0 Å². The van der Waals surface area contributed by atoms with E-state index in [1.54, 1.807) is 11.8 Å². The highest BCUT2D eigenvalue weighted by Crippen LogP contribution is 2.12. The lowest BCUT2D eigenvalue weighted by atomic mass is 10.1. The van der Waals surface area contributed by atoms with E-state index in [0.29, 0.717) is 18.5 Å². The fraction of sp³-hybridized carbons (Fsp3) is 0.444. The average Bonchev–Trinajstić information content (AvgIpc) is 2.49. The summed E-state index contributed by atoms with van der Waals surface area (Å²) in [4.78, 5) is 29.0. The second-order valence-electron chi connectivity index (χ2n) is 6.20. The number of fused-ring (bicyclic) bond motifs is 1. The molecule has 0 fully saturated rings. The number of aliphatic hydroxyl groups is 1. The number of para-hydroxylation sites is 1. The van der Waals surface area contributed by atoms with E-state index in [1.807, 2.05) is 44.2 Å². The number of aryl methyl sites for hydroxylation is 1. The quantitative estimate of drug-likeness (QED) is 0.857. The molecular weight excluding hydrogens is 292 g/mol. The highest BCUT2D eigenvalue weighted by Gasteiger charge is 2.18. The summed E-state index contributed by atoms with van der Waals surface area (Å²) in [5.74, 6) is -0.0477. The molecule has 0 spiro atoms. The summed E-state index contributed by atoms with van der Waals surface area (Å²) < 4.78 is 0. The lowest BCUT2D eigenvalue weighted by molar-refractivity contribution is -0.134. The first-order valence-corrected chi connectivity index (χ1v) is 7.97. The molecule has 0 aliphatic heterocycles. The minimum Gasteiger partial charge on any atom is -0.392 e. The van der Waals surface area contributed by atoms with E-state index in [0.717, 1.165) is 10.9 Å². The molecule has 0 saturated heterocycles. The van der Waals surface area contributed by atoms with E-state index < -0.39 is 6.10 Å². The second-order valence-corrected chi connectivity index (χ2v) is 6.20. The van der Waals surface area contributed by atoms with Gasteiger partial charge in [0.2, 0.25) is 5.91 Å². The summed E-state index contributed by atoms with van der Waals surface area (Å²) >= 11 is 0. The van der Waals surface area contributed by atoms with Gasteiger partial charge in [-0.3, -0.25) is 9.59 Å².